The van der Waals surface area contributed by atoms with E-state index in [2.05, 4.69) is 10.3 Å². The largest absolute Gasteiger partial charge is 0.461 e. The molecule has 1 saturated heterocycles. The van der Waals surface area contributed by atoms with Crippen molar-refractivity contribution in [2.24, 2.45) is 0 Å². The quantitative estimate of drug-likeness (QED) is 0.786. The summed E-state index contributed by atoms with van der Waals surface area (Å²) < 4.78 is 7.07. The summed E-state index contributed by atoms with van der Waals surface area (Å²) in [6.45, 7) is 7.00. The maximum atomic E-state index is 12.1. The van der Waals surface area contributed by atoms with Gasteiger partial charge in [-0.15, -0.1) is 11.3 Å². The molecule has 0 amide bonds. The van der Waals surface area contributed by atoms with Crippen molar-refractivity contribution in [2.75, 3.05) is 24.6 Å². The summed E-state index contributed by atoms with van der Waals surface area (Å²) in [5.74, 6) is -0.271. The molecule has 0 radical (unpaired) electrons. The number of hydrogen-bond donors (Lipinski definition) is 0. The van der Waals surface area contributed by atoms with E-state index in [1.54, 1.807) is 11.3 Å². The Hall–Kier alpha value is -1.82. The lowest BCUT2D eigenvalue weighted by atomic mass is 10.1. The van der Waals surface area contributed by atoms with E-state index < -0.39 is 0 Å². The molecular formula is C17H23N3O2S. The predicted molar refractivity (Wildman–Crippen MR) is 92.4 cm³/mol. The van der Waals surface area contributed by atoms with Gasteiger partial charge in [-0.2, -0.15) is 0 Å². The van der Waals surface area contributed by atoms with Crippen molar-refractivity contribution in [2.45, 2.75) is 39.7 Å². The van der Waals surface area contributed by atoms with Crippen LogP contribution in [0.5, 0.6) is 0 Å². The van der Waals surface area contributed by atoms with Crippen molar-refractivity contribution in [1.29, 1.82) is 0 Å². The SMILES string of the molecule is CCOC(=O)c1cc(C)cn1Cc1csc(N2CCCCC2)n1. The summed E-state index contributed by atoms with van der Waals surface area (Å²) in [6, 6.07) is 1.87. The molecule has 0 bridgehead atoms. The van der Waals surface area contributed by atoms with Gasteiger partial charge in [0.1, 0.15) is 5.69 Å². The number of carbonyl (C=O) groups is 1. The third kappa shape index (κ3) is 3.75. The number of carbonyl (C=O) groups excluding carboxylic acids is 1. The molecular weight excluding hydrogens is 310 g/mol. The van der Waals surface area contributed by atoms with Crippen LogP contribution in [0.15, 0.2) is 17.6 Å². The number of aryl methyl sites for hydroxylation is 1. The number of esters is 1. The zero-order valence-corrected chi connectivity index (χ0v) is 14.6. The van der Waals surface area contributed by atoms with E-state index in [-0.39, 0.29) is 5.97 Å². The van der Waals surface area contributed by atoms with Crippen LogP contribution in [-0.2, 0) is 11.3 Å². The lowest BCUT2D eigenvalue weighted by Crippen LogP contribution is -2.29. The van der Waals surface area contributed by atoms with Crippen LogP contribution < -0.4 is 4.90 Å². The standard InChI is InChI=1S/C17H23N3O2S/c1-3-22-16(21)15-9-13(2)10-20(15)11-14-12-23-17(18-14)19-7-5-4-6-8-19/h9-10,12H,3-8,11H2,1-2H3. The highest BCUT2D eigenvalue weighted by atomic mass is 32.1. The fourth-order valence-electron chi connectivity index (χ4n) is 2.94. The molecule has 0 aliphatic carbocycles. The van der Waals surface area contributed by atoms with Crippen LogP contribution in [0, 0.1) is 6.92 Å². The Labute approximate surface area is 140 Å². The van der Waals surface area contributed by atoms with Crippen molar-refractivity contribution in [3.8, 4) is 0 Å². The van der Waals surface area contributed by atoms with Crippen LogP contribution in [0.2, 0.25) is 0 Å². The highest BCUT2D eigenvalue weighted by Crippen LogP contribution is 2.25. The van der Waals surface area contributed by atoms with E-state index in [4.69, 9.17) is 9.72 Å². The number of nitrogens with zero attached hydrogens (tertiary/aromatic N) is 3. The van der Waals surface area contributed by atoms with Gasteiger partial charge in [0.15, 0.2) is 5.13 Å². The van der Waals surface area contributed by atoms with Crippen molar-refractivity contribution in [3.63, 3.8) is 0 Å². The molecule has 1 fully saturated rings. The molecule has 124 valence electrons. The average Bonchev–Trinajstić information content (AvgIpc) is 3.16. The first-order valence-electron chi connectivity index (χ1n) is 8.20. The number of ether oxygens (including phenoxy) is 1. The summed E-state index contributed by atoms with van der Waals surface area (Å²) in [4.78, 5) is 19.2. The zero-order chi connectivity index (χ0) is 16.2. The Morgan fingerprint density at radius 2 is 2.13 bits per heavy atom. The van der Waals surface area contributed by atoms with Crippen LogP contribution in [0.4, 0.5) is 5.13 Å². The fraction of sp³-hybridized carbons (Fsp3) is 0.529. The molecule has 6 heteroatoms. The Balaban J connectivity index is 1.74. The van der Waals surface area contributed by atoms with Crippen LogP contribution in [0.1, 0.15) is 47.9 Å². The van der Waals surface area contributed by atoms with Crippen molar-refractivity contribution >= 4 is 22.4 Å². The molecule has 1 aliphatic heterocycles. The zero-order valence-electron chi connectivity index (χ0n) is 13.7. The molecule has 0 saturated carbocycles. The monoisotopic (exact) mass is 333 g/mol. The summed E-state index contributed by atoms with van der Waals surface area (Å²) >= 11 is 1.69. The van der Waals surface area contributed by atoms with Crippen LogP contribution >= 0.6 is 11.3 Å². The minimum Gasteiger partial charge on any atom is -0.461 e. The van der Waals surface area contributed by atoms with Crippen LogP contribution in [0.3, 0.4) is 0 Å². The number of rotatable bonds is 5. The highest BCUT2D eigenvalue weighted by Gasteiger charge is 2.17. The smallest absolute Gasteiger partial charge is 0.354 e. The number of thiazole rings is 1. The van der Waals surface area contributed by atoms with Crippen LogP contribution in [0.25, 0.3) is 0 Å². The lowest BCUT2D eigenvalue weighted by molar-refractivity contribution is 0.0514. The van der Waals surface area contributed by atoms with Gasteiger partial charge in [0.05, 0.1) is 18.8 Å². The van der Waals surface area contributed by atoms with Crippen molar-refractivity contribution in [1.82, 2.24) is 9.55 Å². The van der Waals surface area contributed by atoms with E-state index in [9.17, 15) is 4.79 Å². The maximum absolute atomic E-state index is 12.1. The van der Waals surface area contributed by atoms with Crippen LogP contribution in [-0.4, -0.2) is 35.2 Å². The first-order valence-corrected chi connectivity index (χ1v) is 9.08. The van der Waals surface area contributed by atoms with Gasteiger partial charge < -0.3 is 14.2 Å². The van der Waals surface area contributed by atoms with E-state index in [1.807, 2.05) is 30.7 Å². The second-order valence-electron chi connectivity index (χ2n) is 5.92. The molecule has 3 heterocycles. The molecule has 0 spiro atoms. The Morgan fingerprint density at radius 3 is 2.87 bits per heavy atom. The summed E-state index contributed by atoms with van der Waals surface area (Å²) in [5, 5.41) is 3.19. The summed E-state index contributed by atoms with van der Waals surface area (Å²) in [6.07, 6.45) is 5.80. The van der Waals surface area contributed by atoms with Gasteiger partial charge >= 0.3 is 5.97 Å². The number of hydrogen-bond acceptors (Lipinski definition) is 5. The molecule has 0 unspecified atom stereocenters. The van der Waals surface area contributed by atoms with Gasteiger partial charge in [0.25, 0.3) is 0 Å². The minimum absolute atomic E-state index is 0.271. The van der Waals surface area contributed by atoms with E-state index >= 15 is 0 Å². The first kappa shape index (κ1) is 16.1. The first-order chi connectivity index (χ1) is 11.2. The molecule has 0 aromatic carbocycles. The van der Waals surface area contributed by atoms with Crippen molar-refractivity contribution in [3.05, 3.63) is 34.6 Å². The van der Waals surface area contributed by atoms with E-state index in [0.717, 1.165) is 29.5 Å². The summed E-state index contributed by atoms with van der Waals surface area (Å²) in [7, 11) is 0. The number of anilines is 1. The highest BCUT2D eigenvalue weighted by molar-refractivity contribution is 7.13. The average molecular weight is 333 g/mol. The Bertz CT molecular complexity index is 671. The number of aromatic nitrogens is 2. The summed E-state index contributed by atoms with van der Waals surface area (Å²) in [5.41, 5.74) is 2.65. The third-order valence-corrected chi connectivity index (χ3v) is 4.97. The van der Waals surface area contributed by atoms with Gasteiger partial charge in [-0.3, -0.25) is 0 Å². The van der Waals surface area contributed by atoms with Gasteiger partial charge in [0.2, 0.25) is 0 Å². The molecule has 2 aromatic heterocycles. The topological polar surface area (TPSA) is 47.4 Å². The maximum Gasteiger partial charge on any atom is 0.354 e. The Kier molecular flexibility index (Phi) is 5.00. The fourth-order valence-corrected chi connectivity index (χ4v) is 3.81. The van der Waals surface area contributed by atoms with E-state index in [1.165, 1.54) is 19.3 Å². The molecule has 1 aliphatic rings. The van der Waals surface area contributed by atoms with Gasteiger partial charge in [-0.05, 0) is 44.7 Å². The minimum atomic E-state index is -0.271. The van der Waals surface area contributed by atoms with Gasteiger partial charge in [-0.25, -0.2) is 9.78 Å². The predicted octanol–water partition coefficient (Wildman–Crippen LogP) is 3.47. The second kappa shape index (κ2) is 7.17. The Morgan fingerprint density at radius 1 is 1.35 bits per heavy atom. The van der Waals surface area contributed by atoms with E-state index in [0.29, 0.717) is 18.8 Å². The molecule has 3 rings (SSSR count). The normalized spacial score (nSPS) is 15.0. The third-order valence-electron chi connectivity index (χ3n) is 4.02. The molecule has 5 nitrogen and oxygen atoms in total. The molecule has 2 aromatic rings. The van der Waals surface area contributed by atoms with Gasteiger partial charge in [-0.1, -0.05) is 0 Å². The molecule has 0 atom stereocenters. The van der Waals surface area contributed by atoms with Crippen molar-refractivity contribution < 1.29 is 9.53 Å². The number of piperidine rings is 1. The molecule has 23 heavy (non-hydrogen) atoms. The lowest BCUT2D eigenvalue weighted by Gasteiger charge is -2.25. The second-order valence-corrected chi connectivity index (χ2v) is 6.76. The molecule has 0 N–H and O–H groups in total. The van der Waals surface area contributed by atoms with Gasteiger partial charge in [0, 0.05) is 24.7 Å².